The topological polar surface area (TPSA) is 73.4 Å². The molecule has 1 aromatic heterocycles. The van der Waals surface area contributed by atoms with E-state index in [1.165, 1.54) is 5.56 Å². The first-order valence-corrected chi connectivity index (χ1v) is 8.55. The molecule has 2 aromatic rings. The van der Waals surface area contributed by atoms with Crippen LogP contribution in [-0.4, -0.2) is 39.5 Å². The zero-order valence-electron chi connectivity index (χ0n) is 14.2. The van der Waals surface area contributed by atoms with E-state index in [2.05, 4.69) is 24.0 Å². The lowest BCUT2D eigenvalue weighted by Crippen LogP contribution is -2.47. The average molecular weight is 328 g/mol. The number of amides is 1. The molecule has 0 aliphatic carbocycles. The maximum atomic E-state index is 12.6. The summed E-state index contributed by atoms with van der Waals surface area (Å²) in [5.74, 6) is -1.18. The van der Waals surface area contributed by atoms with Crippen LogP contribution in [0.1, 0.15) is 37.3 Å². The van der Waals surface area contributed by atoms with Gasteiger partial charge in [0.25, 0.3) is 0 Å². The van der Waals surface area contributed by atoms with Gasteiger partial charge in [0.15, 0.2) is 0 Å². The van der Waals surface area contributed by atoms with Crippen LogP contribution in [0.3, 0.4) is 0 Å². The number of aromatic nitrogens is 1. The van der Waals surface area contributed by atoms with E-state index in [4.69, 9.17) is 0 Å². The van der Waals surface area contributed by atoms with Crippen molar-refractivity contribution in [3.8, 4) is 0 Å². The second-order valence-corrected chi connectivity index (χ2v) is 6.82. The molecule has 2 atom stereocenters. The molecule has 1 fully saturated rings. The van der Waals surface area contributed by atoms with E-state index in [0.717, 1.165) is 22.9 Å². The monoisotopic (exact) mass is 328 g/mol. The van der Waals surface area contributed by atoms with Crippen molar-refractivity contribution >= 4 is 22.8 Å². The van der Waals surface area contributed by atoms with E-state index >= 15 is 0 Å². The van der Waals surface area contributed by atoms with Gasteiger partial charge in [-0.2, -0.15) is 0 Å². The van der Waals surface area contributed by atoms with Gasteiger partial charge in [0, 0.05) is 36.1 Å². The number of piperidine rings is 1. The second kappa shape index (κ2) is 6.67. The van der Waals surface area contributed by atoms with Crippen molar-refractivity contribution in [2.24, 2.45) is 5.92 Å². The molecule has 128 valence electrons. The number of carboxylic acids is 1. The Labute approximate surface area is 141 Å². The summed E-state index contributed by atoms with van der Waals surface area (Å²) >= 11 is 0. The van der Waals surface area contributed by atoms with Crippen molar-refractivity contribution in [3.05, 3.63) is 35.5 Å². The van der Waals surface area contributed by atoms with Crippen molar-refractivity contribution in [2.75, 3.05) is 6.54 Å². The summed E-state index contributed by atoms with van der Waals surface area (Å²) in [6.07, 6.45) is 4.47. The van der Waals surface area contributed by atoms with Crippen molar-refractivity contribution in [3.63, 3.8) is 0 Å². The molecule has 0 saturated carbocycles. The number of hydrogen-bond donors (Lipinski definition) is 2. The van der Waals surface area contributed by atoms with Gasteiger partial charge in [-0.05, 0) is 44.2 Å². The SMILES string of the molecule is Cc1cccc2c(CCC(=O)N3CC(C(=O)O)CCC3C)c[nH]c12. The standard InChI is InChI=1S/C19H24N2O3/c1-12-4-3-5-16-14(10-20-18(12)16)8-9-17(22)21-11-15(19(23)24)7-6-13(21)2/h3-5,10,13,15,20H,6-9,11H2,1-2H3,(H,23,24). The van der Waals surface area contributed by atoms with Crippen LogP contribution in [0.25, 0.3) is 10.9 Å². The van der Waals surface area contributed by atoms with Crippen molar-refractivity contribution in [1.82, 2.24) is 9.88 Å². The molecule has 0 spiro atoms. The Morgan fingerprint density at radius 3 is 2.88 bits per heavy atom. The Balaban J connectivity index is 1.68. The van der Waals surface area contributed by atoms with Gasteiger partial charge in [-0.1, -0.05) is 18.2 Å². The predicted molar refractivity (Wildman–Crippen MR) is 92.9 cm³/mol. The van der Waals surface area contributed by atoms with Crippen LogP contribution >= 0.6 is 0 Å². The zero-order valence-corrected chi connectivity index (χ0v) is 14.2. The van der Waals surface area contributed by atoms with Crippen LogP contribution in [-0.2, 0) is 16.0 Å². The third kappa shape index (κ3) is 3.16. The fourth-order valence-electron chi connectivity index (χ4n) is 3.61. The quantitative estimate of drug-likeness (QED) is 0.905. The largest absolute Gasteiger partial charge is 0.481 e. The number of nitrogens with zero attached hydrogens (tertiary/aromatic N) is 1. The highest BCUT2D eigenvalue weighted by Gasteiger charge is 2.32. The summed E-state index contributed by atoms with van der Waals surface area (Å²) < 4.78 is 0. The predicted octanol–water partition coefficient (Wildman–Crippen LogP) is 3.12. The Hall–Kier alpha value is -2.30. The van der Waals surface area contributed by atoms with E-state index in [1.54, 1.807) is 4.90 Å². The Bertz CT molecular complexity index is 765. The average Bonchev–Trinajstić information content (AvgIpc) is 2.97. The lowest BCUT2D eigenvalue weighted by atomic mass is 9.93. The Kier molecular flexibility index (Phi) is 4.60. The summed E-state index contributed by atoms with van der Waals surface area (Å²) in [6.45, 7) is 4.41. The van der Waals surface area contributed by atoms with E-state index < -0.39 is 11.9 Å². The summed E-state index contributed by atoms with van der Waals surface area (Å²) in [5, 5.41) is 10.4. The Morgan fingerprint density at radius 1 is 1.33 bits per heavy atom. The fourth-order valence-corrected chi connectivity index (χ4v) is 3.61. The molecule has 0 bridgehead atoms. The van der Waals surface area contributed by atoms with E-state index in [1.807, 2.05) is 19.2 Å². The molecule has 5 heteroatoms. The third-order valence-corrected chi connectivity index (χ3v) is 5.17. The second-order valence-electron chi connectivity index (χ2n) is 6.82. The number of aliphatic carboxylic acids is 1. The number of rotatable bonds is 4. The molecular weight excluding hydrogens is 304 g/mol. The smallest absolute Gasteiger partial charge is 0.308 e. The third-order valence-electron chi connectivity index (χ3n) is 5.17. The minimum Gasteiger partial charge on any atom is -0.481 e. The van der Waals surface area contributed by atoms with Gasteiger partial charge in [0.05, 0.1) is 5.92 Å². The van der Waals surface area contributed by atoms with E-state index in [-0.39, 0.29) is 11.9 Å². The highest BCUT2D eigenvalue weighted by molar-refractivity contribution is 5.86. The molecule has 24 heavy (non-hydrogen) atoms. The maximum Gasteiger partial charge on any atom is 0.308 e. The van der Waals surface area contributed by atoms with Crippen LogP contribution in [0, 0.1) is 12.8 Å². The van der Waals surface area contributed by atoms with Gasteiger partial charge in [0.2, 0.25) is 5.91 Å². The number of hydrogen-bond acceptors (Lipinski definition) is 2. The maximum absolute atomic E-state index is 12.6. The molecule has 1 aromatic carbocycles. The lowest BCUT2D eigenvalue weighted by molar-refractivity contribution is -0.147. The van der Waals surface area contributed by atoms with Gasteiger partial charge < -0.3 is 15.0 Å². The molecule has 2 N–H and O–H groups in total. The Morgan fingerprint density at radius 2 is 2.12 bits per heavy atom. The molecule has 5 nitrogen and oxygen atoms in total. The number of nitrogens with one attached hydrogen (secondary N) is 1. The fraction of sp³-hybridized carbons (Fsp3) is 0.474. The van der Waals surface area contributed by atoms with Gasteiger partial charge >= 0.3 is 5.97 Å². The molecule has 2 heterocycles. The highest BCUT2D eigenvalue weighted by Crippen LogP contribution is 2.25. The first kappa shape index (κ1) is 16.6. The minimum absolute atomic E-state index is 0.0513. The zero-order chi connectivity index (χ0) is 17.3. The number of carbonyl (C=O) groups is 2. The van der Waals surface area contributed by atoms with Crippen LogP contribution in [0.4, 0.5) is 0 Å². The van der Waals surface area contributed by atoms with E-state index in [9.17, 15) is 14.7 Å². The van der Waals surface area contributed by atoms with Crippen LogP contribution < -0.4 is 0 Å². The first-order valence-electron chi connectivity index (χ1n) is 8.55. The number of H-pyrrole nitrogens is 1. The van der Waals surface area contributed by atoms with Crippen LogP contribution in [0.2, 0.25) is 0 Å². The number of carboxylic acid groups (broad SMARTS) is 1. The molecule has 1 aliphatic rings. The highest BCUT2D eigenvalue weighted by atomic mass is 16.4. The molecule has 1 aliphatic heterocycles. The molecule has 3 rings (SSSR count). The molecular formula is C19H24N2O3. The molecule has 2 unspecified atom stereocenters. The minimum atomic E-state index is -0.799. The van der Waals surface area contributed by atoms with Gasteiger partial charge in [-0.15, -0.1) is 0 Å². The molecule has 0 radical (unpaired) electrons. The van der Waals surface area contributed by atoms with Gasteiger partial charge in [-0.25, -0.2) is 0 Å². The number of fused-ring (bicyclic) bond motifs is 1. The van der Waals surface area contributed by atoms with Crippen LogP contribution in [0.5, 0.6) is 0 Å². The number of likely N-dealkylation sites (tertiary alicyclic amines) is 1. The summed E-state index contributed by atoms with van der Waals surface area (Å²) in [5.41, 5.74) is 3.46. The number of aromatic amines is 1. The van der Waals surface area contributed by atoms with Crippen LogP contribution in [0.15, 0.2) is 24.4 Å². The van der Waals surface area contributed by atoms with Gasteiger partial charge in [0.1, 0.15) is 0 Å². The number of benzene rings is 1. The lowest BCUT2D eigenvalue weighted by Gasteiger charge is -2.36. The number of carbonyl (C=O) groups excluding carboxylic acids is 1. The first-order chi connectivity index (χ1) is 11.5. The number of aryl methyl sites for hydroxylation is 2. The van der Waals surface area contributed by atoms with Crippen molar-refractivity contribution < 1.29 is 14.7 Å². The summed E-state index contributed by atoms with van der Waals surface area (Å²) in [6, 6.07) is 6.29. The molecule has 1 saturated heterocycles. The van der Waals surface area contributed by atoms with Crippen molar-refractivity contribution in [2.45, 2.75) is 45.6 Å². The van der Waals surface area contributed by atoms with E-state index in [0.29, 0.717) is 25.8 Å². The normalized spacial score (nSPS) is 21.2. The number of para-hydroxylation sites is 1. The van der Waals surface area contributed by atoms with Crippen molar-refractivity contribution in [1.29, 1.82) is 0 Å². The summed E-state index contributed by atoms with van der Waals surface area (Å²) in [7, 11) is 0. The molecule has 1 amide bonds. The van der Waals surface area contributed by atoms with Gasteiger partial charge in [-0.3, -0.25) is 9.59 Å². The summed E-state index contributed by atoms with van der Waals surface area (Å²) in [4.78, 5) is 28.8.